The van der Waals surface area contributed by atoms with Gasteiger partial charge in [-0.05, 0) is 50.5 Å². The second kappa shape index (κ2) is 6.75. The number of ether oxygens (including phenoxy) is 1. The zero-order chi connectivity index (χ0) is 14.5. The van der Waals surface area contributed by atoms with Gasteiger partial charge < -0.3 is 9.84 Å². The minimum atomic E-state index is -0.909. The quantitative estimate of drug-likeness (QED) is 0.868. The first-order chi connectivity index (χ1) is 9.61. The predicted molar refractivity (Wildman–Crippen MR) is 78.4 cm³/mol. The van der Waals surface area contributed by atoms with E-state index < -0.39 is 5.97 Å². The van der Waals surface area contributed by atoms with Crippen LogP contribution in [0.5, 0.6) is 5.75 Å². The second-order valence-corrected chi connectivity index (χ2v) is 5.40. The summed E-state index contributed by atoms with van der Waals surface area (Å²) in [5.41, 5.74) is 0.288. The zero-order valence-electron chi connectivity index (χ0n) is 12.2. The Morgan fingerprint density at radius 1 is 1.35 bits per heavy atom. The number of nitrogens with zero attached hydrogens (tertiary/aromatic N) is 1. The van der Waals surface area contributed by atoms with Crippen LogP contribution in [0.2, 0.25) is 0 Å². The molecule has 1 fully saturated rings. The fourth-order valence-corrected chi connectivity index (χ4v) is 2.93. The Hall–Kier alpha value is -1.55. The summed E-state index contributed by atoms with van der Waals surface area (Å²) in [4.78, 5) is 13.3. The van der Waals surface area contributed by atoms with Crippen LogP contribution >= 0.6 is 0 Å². The molecular formula is C16H23NO3. The molecule has 0 aliphatic carbocycles. The summed E-state index contributed by atoms with van der Waals surface area (Å²) < 4.78 is 5.71. The van der Waals surface area contributed by atoms with Crippen molar-refractivity contribution >= 4 is 5.97 Å². The van der Waals surface area contributed by atoms with Crippen molar-refractivity contribution in [2.24, 2.45) is 0 Å². The Kier molecular flexibility index (Phi) is 5.01. The van der Waals surface area contributed by atoms with Crippen molar-refractivity contribution in [1.29, 1.82) is 0 Å². The maximum Gasteiger partial charge on any atom is 0.335 e. The summed E-state index contributed by atoms with van der Waals surface area (Å²) in [5, 5.41) is 8.83. The monoisotopic (exact) mass is 277 g/mol. The first-order valence-electron chi connectivity index (χ1n) is 7.33. The predicted octanol–water partition coefficient (Wildman–Crippen LogP) is 3.03. The molecule has 1 aromatic rings. The van der Waals surface area contributed by atoms with E-state index in [1.807, 2.05) is 0 Å². The molecule has 1 aliphatic rings. The van der Waals surface area contributed by atoms with E-state index in [0.29, 0.717) is 18.7 Å². The van der Waals surface area contributed by atoms with Gasteiger partial charge in [0, 0.05) is 18.6 Å². The van der Waals surface area contributed by atoms with Crippen molar-refractivity contribution < 1.29 is 14.6 Å². The van der Waals surface area contributed by atoms with Gasteiger partial charge in [-0.2, -0.15) is 0 Å². The third kappa shape index (κ3) is 3.51. The van der Waals surface area contributed by atoms with Crippen molar-refractivity contribution in [3.63, 3.8) is 0 Å². The van der Waals surface area contributed by atoms with E-state index in [-0.39, 0.29) is 5.56 Å². The second-order valence-electron chi connectivity index (χ2n) is 5.40. The molecule has 0 radical (unpaired) electrons. The minimum Gasteiger partial charge on any atom is -0.492 e. The highest BCUT2D eigenvalue weighted by Gasteiger charge is 2.28. The molecule has 0 bridgehead atoms. The van der Waals surface area contributed by atoms with Crippen LogP contribution in [0.4, 0.5) is 0 Å². The number of carbonyl (C=O) groups is 1. The van der Waals surface area contributed by atoms with Crippen LogP contribution in [0.1, 0.15) is 43.5 Å². The fourth-order valence-electron chi connectivity index (χ4n) is 2.93. The number of hydrogen-bond donors (Lipinski definition) is 1. The molecule has 2 unspecified atom stereocenters. The van der Waals surface area contributed by atoms with E-state index in [1.54, 1.807) is 24.3 Å². The van der Waals surface area contributed by atoms with E-state index in [2.05, 4.69) is 18.7 Å². The first-order valence-corrected chi connectivity index (χ1v) is 7.33. The van der Waals surface area contributed by atoms with Crippen LogP contribution in [0.25, 0.3) is 0 Å². The van der Waals surface area contributed by atoms with Crippen molar-refractivity contribution in [2.45, 2.75) is 45.2 Å². The topological polar surface area (TPSA) is 49.8 Å². The lowest BCUT2D eigenvalue weighted by Gasteiger charge is -2.27. The summed E-state index contributed by atoms with van der Waals surface area (Å²) in [6.45, 7) is 6.09. The molecule has 0 aromatic heterocycles. The average molecular weight is 277 g/mol. The first kappa shape index (κ1) is 14.9. The van der Waals surface area contributed by atoms with E-state index in [9.17, 15) is 4.79 Å². The normalized spacial score (nSPS) is 22.9. The van der Waals surface area contributed by atoms with Gasteiger partial charge in [-0.25, -0.2) is 4.79 Å². The maximum atomic E-state index is 10.8. The zero-order valence-corrected chi connectivity index (χ0v) is 12.2. The van der Waals surface area contributed by atoms with Crippen LogP contribution in [-0.2, 0) is 0 Å². The lowest BCUT2D eigenvalue weighted by atomic mass is 10.1. The molecule has 1 aromatic carbocycles. The molecule has 4 heteroatoms. The molecule has 1 heterocycles. The molecule has 20 heavy (non-hydrogen) atoms. The Bertz CT molecular complexity index is 444. The van der Waals surface area contributed by atoms with E-state index >= 15 is 0 Å². The van der Waals surface area contributed by atoms with Gasteiger partial charge >= 0.3 is 5.97 Å². The fraction of sp³-hybridized carbons (Fsp3) is 0.562. The number of hydrogen-bond acceptors (Lipinski definition) is 3. The highest BCUT2D eigenvalue weighted by molar-refractivity contribution is 5.87. The van der Waals surface area contributed by atoms with Gasteiger partial charge in [0.2, 0.25) is 0 Å². The molecule has 1 aliphatic heterocycles. The van der Waals surface area contributed by atoms with Gasteiger partial charge in [0.05, 0.1) is 5.56 Å². The number of rotatable bonds is 6. The molecule has 0 spiro atoms. The number of likely N-dealkylation sites (tertiary alicyclic amines) is 1. The van der Waals surface area contributed by atoms with Gasteiger partial charge in [0.15, 0.2) is 0 Å². The smallest absolute Gasteiger partial charge is 0.335 e. The van der Waals surface area contributed by atoms with Gasteiger partial charge in [-0.15, -0.1) is 0 Å². The molecule has 4 nitrogen and oxygen atoms in total. The van der Waals surface area contributed by atoms with Crippen molar-refractivity contribution in [3.05, 3.63) is 29.8 Å². The summed E-state index contributed by atoms with van der Waals surface area (Å²) in [6.07, 6.45) is 3.74. The van der Waals surface area contributed by atoms with Crippen LogP contribution in [0.15, 0.2) is 24.3 Å². The van der Waals surface area contributed by atoms with Gasteiger partial charge in [-0.1, -0.05) is 6.92 Å². The summed E-state index contributed by atoms with van der Waals surface area (Å²) in [6, 6.07) is 7.90. The van der Waals surface area contributed by atoms with Crippen molar-refractivity contribution in [2.75, 3.05) is 13.2 Å². The molecule has 2 atom stereocenters. The summed E-state index contributed by atoms with van der Waals surface area (Å²) in [5.74, 6) is -0.178. The molecule has 1 N–H and O–H groups in total. The summed E-state index contributed by atoms with van der Waals surface area (Å²) in [7, 11) is 0. The molecule has 0 saturated carbocycles. The third-order valence-corrected chi connectivity index (χ3v) is 4.14. The van der Waals surface area contributed by atoms with Crippen molar-refractivity contribution in [1.82, 2.24) is 4.90 Å². The summed E-state index contributed by atoms with van der Waals surface area (Å²) >= 11 is 0. The molecule has 1 saturated heterocycles. The standard InChI is InChI=1S/C16H23NO3/c1-3-14-7-4-12(2)17(14)10-11-20-15-8-5-13(6-9-15)16(18)19/h5-6,8-9,12,14H,3-4,7,10-11H2,1-2H3,(H,18,19). The van der Waals surface area contributed by atoms with E-state index in [1.165, 1.54) is 19.3 Å². The van der Waals surface area contributed by atoms with Crippen molar-refractivity contribution in [3.8, 4) is 5.75 Å². The lowest BCUT2D eigenvalue weighted by Crippen LogP contribution is -2.37. The minimum absolute atomic E-state index is 0.288. The van der Waals surface area contributed by atoms with Gasteiger partial charge in [0.25, 0.3) is 0 Å². The lowest BCUT2D eigenvalue weighted by molar-refractivity contribution is 0.0697. The third-order valence-electron chi connectivity index (χ3n) is 4.14. The van der Waals surface area contributed by atoms with E-state index in [0.717, 1.165) is 12.3 Å². The number of carboxylic acid groups (broad SMARTS) is 1. The Morgan fingerprint density at radius 2 is 2.05 bits per heavy atom. The molecular weight excluding hydrogens is 254 g/mol. The van der Waals surface area contributed by atoms with Crippen LogP contribution in [0, 0.1) is 0 Å². The largest absolute Gasteiger partial charge is 0.492 e. The molecule has 0 amide bonds. The Balaban J connectivity index is 1.82. The molecule has 2 rings (SSSR count). The van der Waals surface area contributed by atoms with Gasteiger partial charge in [0.1, 0.15) is 12.4 Å². The Labute approximate surface area is 120 Å². The van der Waals surface area contributed by atoms with Crippen LogP contribution < -0.4 is 4.74 Å². The average Bonchev–Trinajstić information content (AvgIpc) is 2.80. The van der Waals surface area contributed by atoms with Gasteiger partial charge in [-0.3, -0.25) is 4.90 Å². The number of benzene rings is 1. The van der Waals surface area contributed by atoms with Crippen LogP contribution in [0.3, 0.4) is 0 Å². The number of aromatic carboxylic acids is 1. The highest BCUT2D eigenvalue weighted by Crippen LogP contribution is 2.25. The maximum absolute atomic E-state index is 10.8. The SMILES string of the molecule is CCC1CCC(C)N1CCOc1ccc(C(=O)O)cc1. The highest BCUT2D eigenvalue weighted by atomic mass is 16.5. The number of carboxylic acids is 1. The molecule has 110 valence electrons. The van der Waals surface area contributed by atoms with Crippen LogP contribution in [-0.4, -0.2) is 41.2 Å². The van der Waals surface area contributed by atoms with E-state index in [4.69, 9.17) is 9.84 Å². The Morgan fingerprint density at radius 3 is 2.65 bits per heavy atom.